The first kappa shape index (κ1) is 18.4. The third kappa shape index (κ3) is 5.04. The third-order valence-electron chi connectivity index (χ3n) is 4.12. The molecule has 1 aromatic heterocycles. The lowest BCUT2D eigenvalue weighted by molar-refractivity contribution is -0.121. The molecule has 27 heavy (non-hydrogen) atoms. The van der Waals surface area contributed by atoms with Crippen molar-refractivity contribution >= 4 is 5.91 Å². The highest BCUT2D eigenvalue weighted by Gasteiger charge is 2.08. The van der Waals surface area contributed by atoms with Crippen molar-refractivity contribution in [2.24, 2.45) is 0 Å². The van der Waals surface area contributed by atoms with E-state index in [-0.39, 0.29) is 18.0 Å². The summed E-state index contributed by atoms with van der Waals surface area (Å²) in [6.45, 7) is 0.375. The largest absolute Gasteiger partial charge is 0.497 e. The zero-order valence-electron chi connectivity index (χ0n) is 15.1. The summed E-state index contributed by atoms with van der Waals surface area (Å²) in [5, 5.41) is 7.12. The molecule has 0 atom stereocenters. The molecule has 0 saturated heterocycles. The highest BCUT2D eigenvalue weighted by Crippen LogP contribution is 2.14. The minimum atomic E-state index is -0.306. The Balaban J connectivity index is 1.58. The molecular weight excluding hydrogens is 342 g/mol. The number of aromatic nitrogens is 2. The number of benzene rings is 2. The van der Waals surface area contributed by atoms with Crippen LogP contribution in [0.3, 0.4) is 0 Å². The number of hydrogen-bond acceptors (Lipinski definition) is 4. The lowest BCUT2D eigenvalue weighted by atomic mass is 10.1. The number of amides is 1. The van der Waals surface area contributed by atoms with Gasteiger partial charge in [-0.1, -0.05) is 42.5 Å². The molecule has 2 aromatic carbocycles. The van der Waals surface area contributed by atoms with Crippen LogP contribution in [0.25, 0.3) is 11.3 Å². The number of hydrogen-bond donors (Lipinski definition) is 1. The van der Waals surface area contributed by atoms with Gasteiger partial charge in [0.25, 0.3) is 5.56 Å². The van der Waals surface area contributed by atoms with Gasteiger partial charge < -0.3 is 10.1 Å². The first-order valence-electron chi connectivity index (χ1n) is 8.69. The van der Waals surface area contributed by atoms with Crippen LogP contribution >= 0.6 is 0 Å². The molecule has 0 saturated carbocycles. The van der Waals surface area contributed by atoms with Crippen LogP contribution in [-0.2, 0) is 17.8 Å². The molecule has 0 aliphatic rings. The van der Waals surface area contributed by atoms with Gasteiger partial charge in [-0.3, -0.25) is 9.59 Å². The van der Waals surface area contributed by atoms with Crippen molar-refractivity contribution in [3.63, 3.8) is 0 Å². The highest BCUT2D eigenvalue weighted by atomic mass is 16.5. The van der Waals surface area contributed by atoms with Gasteiger partial charge in [0.1, 0.15) is 12.3 Å². The van der Waals surface area contributed by atoms with Crippen molar-refractivity contribution in [3.05, 3.63) is 82.6 Å². The molecule has 138 valence electrons. The number of nitrogens with one attached hydrogen (secondary N) is 1. The first-order valence-corrected chi connectivity index (χ1v) is 8.69. The summed E-state index contributed by atoms with van der Waals surface area (Å²) in [6, 6.07) is 20.3. The average Bonchev–Trinajstić information content (AvgIpc) is 2.71. The Kier molecular flexibility index (Phi) is 5.99. The Morgan fingerprint density at radius 2 is 1.78 bits per heavy atom. The quantitative estimate of drug-likeness (QED) is 0.699. The van der Waals surface area contributed by atoms with E-state index >= 15 is 0 Å². The first-order chi connectivity index (χ1) is 13.2. The summed E-state index contributed by atoms with van der Waals surface area (Å²) in [5.41, 5.74) is 2.34. The Morgan fingerprint density at radius 1 is 1.04 bits per heavy atom. The van der Waals surface area contributed by atoms with Crippen molar-refractivity contribution in [2.75, 3.05) is 13.7 Å². The van der Waals surface area contributed by atoms with Crippen molar-refractivity contribution in [1.29, 1.82) is 0 Å². The highest BCUT2D eigenvalue weighted by molar-refractivity contribution is 5.75. The van der Waals surface area contributed by atoms with Crippen LogP contribution in [0.15, 0.2) is 71.5 Å². The van der Waals surface area contributed by atoms with Gasteiger partial charge in [-0.15, -0.1) is 0 Å². The van der Waals surface area contributed by atoms with Gasteiger partial charge in [0.05, 0.1) is 12.8 Å². The summed E-state index contributed by atoms with van der Waals surface area (Å²) in [5.74, 6) is 0.551. The predicted molar refractivity (Wildman–Crippen MR) is 104 cm³/mol. The average molecular weight is 363 g/mol. The van der Waals surface area contributed by atoms with E-state index in [0.29, 0.717) is 18.7 Å². The van der Waals surface area contributed by atoms with E-state index in [9.17, 15) is 9.59 Å². The van der Waals surface area contributed by atoms with Gasteiger partial charge >= 0.3 is 0 Å². The van der Waals surface area contributed by atoms with Gasteiger partial charge in [0.2, 0.25) is 5.91 Å². The number of nitrogens with zero attached hydrogens (tertiary/aromatic N) is 2. The van der Waals surface area contributed by atoms with E-state index in [1.165, 1.54) is 10.7 Å². The monoisotopic (exact) mass is 363 g/mol. The normalized spacial score (nSPS) is 10.4. The lowest BCUT2D eigenvalue weighted by Crippen LogP contribution is -2.34. The summed E-state index contributed by atoms with van der Waals surface area (Å²) in [6.07, 6.45) is 0.697. The van der Waals surface area contributed by atoms with Crippen LogP contribution < -0.4 is 15.6 Å². The van der Waals surface area contributed by atoms with Crippen molar-refractivity contribution in [2.45, 2.75) is 13.0 Å². The van der Waals surface area contributed by atoms with Crippen LogP contribution in [-0.4, -0.2) is 29.3 Å². The number of carbonyl (C=O) groups excluding carboxylic acids is 1. The Morgan fingerprint density at radius 3 is 2.48 bits per heavy atom. The Hall–Kier alpha value is -3.41. The minimum Gasteiger partial charge on any atom is -0.497 e. The molecule has 0 aliphatic carbocycles. The molecule has 0 fully saturated rings. The van der Waals surface area contributed by atoms with Crippen molar-refractivity contribution in [3.8, 4) is 17.0 Å². The standard InChI is InChI=1S/C21H21N3O3/c1-27-18-9-7-16(8-10-18)13-14-22-20(25)15-24-21(26)12-11-19(23-24)17-5-3-2-4-6-17/h2-12H,13-15H2,1H3,(H,22,25). The minimum absolute atomic E-state index is 0.109. The van der Waals surface area contributed by atoms with E-state index in [1.807, 2.05) is 54.6 Å². The number of ether oxygens (including phenoxy) is 1. The van der Waals surface area contributed by atoms with Gasteiger partial charge in [0, 0.05) is 18.2 Å². The molecule has 3 aromatic rings. The SMILES string of the molecule is COc1ccc(CCNC(=O)Cn2nc(-c3ccccc3)ccc2=O)cc1. The van der Waals surface area contributed by atoms with Gasteiger partial charge in [-0.2, -0.15) is 5.10 Å². The van der Waals surface area contributed by atoms with Gasteiger partial charge in [-0.05, 0) is 30.2 Å². The predicted octanol–water partition coefficient (Wildman–Crippen LogP) is 2.28. The molecule has 0 spiro atoms. The molecule has 6 heteroatoms. The molecule has 0 radical (unpaired) electrons. The maximum absolute atomic E-state index is 12.2. The number of rotatable bonds is 7. The molecule has 1 N–H and O–H groups in total. The molecule has 1 amide bonds. The maximum Gasteiger partial charge on any atom is 0.267 e. The lowest BCUT2D eigenvalue weighted by Gasteiger charge is -2.09. The second-order valence-electron chi connectivity index (χ2n) is 6.03. The smallest absolute Gasteiger partial charge is 0.267 e. The summed E-state index contributed by atoms with van der Waals surface area (Å²) in [4.78, 5) is 24.2. The van der Waals surface area contributed by atoms with Crippen molar-refractivity contribution in [1.82, 2.24) is 15.1 Å². The van der Waals surface area contributed by atoms with E-state index in [2.05, 4.69) is 10.4 Å². The van der Waals surface area contributed by atoms with Gasteiger partial charge in [0.15, 0.2) is 0 Å². The van der Waals surface area contributed by atoms with E-state index in [0.717, 1.165) is 16.9 Å². The Labute approximate surface area is 157 Å². The molecule has 0 bridgehead atoms. The molecule has 6 nitrogen and oxygen atoms in total. The summed E-state index contributed by atoms with van der Waals surface area (Å²) >= 11 is 0. The van der Waals surface area contributed by atoms with Crippen LogP contribution in [0.1, 0.15) is 5.56 Å². The van der Waals surface area contributed by atoms with E-state index < -0.39 is 0 Å². The van der Waals surface area contributed by atoms with Crippen LogP contribution in [0.5, 0.6) is 5.75 Å². The number of carbonyl (C=O) groups is 1. The summed E-state index contributed by atoms with van der Waals surface area (Å²) in [7, 11) is 1.62. The zero-order valence-corrected chi connectivity index (χ0v) is 15.1. The fourth-order valence-corrected chi connectivity index (χ4v) is 2.66. The maximum atomic E-state index is 12.2. The zero-order chi connectivity index (χ0) is 19.1. The number of methoxy groups -OCH3 is 1. The molecule has 0 aliphatic heterocycles. The fraction of sp³-hybridized carbons (Fsp3) is 0.190. The second-order valence-corrected chi connectivity index (χ2v) is 6.03. The Bertz CT molecular complexity index is 950. The van der Waals surface area contributed by atoms with Crippen LogP contribution in [0.4, 0.5) is 0 Å². The van der Waals surface area contributed by atoms with Crippen LogP contribution in [0.2, 0.25) is 0 Å². The topological polar surface area (TPSA) is 73.2 Å². The third-order valence-corrected chi connectivity index (χ3v) is 4.12. The van der Waals surface area contributed by atoms with E-state index in [4.69, 9.17) is 4.74 Å². The molecule has 1 heterocycles. The van der Waals surface area contributed by atoms with Crippen LogP contribution in [0, 0.1) is 0 Å². The summed E-state index contributed by atoms with van der Waals surface area (Å²) < 4.78 is 6.31. The second kappa shape index (κ2) is 8.80. The molecular formula is C21H21N3O3. The van der Waals surface area contributed by atoms with E-state index in [1.54, 1.807) is 13.2 Å². The van der Waals surface area contributed by atoms with Gasteiger partial charge in [-0.25, -0.2) is 4.68 Å². The molecule has 0 unspecified atom stereocenters. The molecule has 3 rings (SSSR count). The van der Waals surface area contributed by atoms with Crippen molar-refractivity contribution < 1.29 is 9.53 Å². The fourth-order valence-electron chi connectivity index (χ4n) is 2.66.